The molecule has 0 saturated heterocycles. The Balaban J connectivity index is 2.10. The maximum atomic E-state index is 11.6. The smallest absolute Gasteiger partial charge is 0.412 e. The van der Waals surface area contributed by atoms with E-state index in [-0.39, 0.29) is 0 Å². The van der Waals surface area contributed by atoms with Gasteiger partial charge in [0.15, 0.2) is 0 Å². The van der Waals surface area contributed by atoms with E-state index in [9.17, 15) is 4.79 Å². The molecule has 0 spiro atoms. The Morgan fingerprint density at radius 2 is 2.16 bits per heavy atom. The van der Waals surface area contributed by atoms with Crippen molar-refractivity contribution in [1.82, 2.24) is 10.1 Å². The summed E-state index contributed by atoms with van der Waals surface area (Å²) in [6, 6.07) is 7.12. The molecule has 0 aliphatic carbocycles. The Kier molecular flexibility index (Phi) is 3.50. The van der Waals surface area contributed by atoms with Gasteiger partial charge in [0.1, 0.15) is 5.60 Å². The highest BCUT2D eigenvalue weighted by atomic mass is 16.6. The molecule has 1 N–H and O–H groups in total. The molecule has 0 aliphatic heterocycles. The second-order valence-corrected chi connectivity index (χ2v) is 4.96. The summed E-state index contributed by atoms with van der Waals surface area (Å²) in [5, 5.41) is 6.39. The van der Waals surface area contributed by atoms with Gasteiger partial charge in [0.25, 0.3) is 0 Å². The highest BCUT2D eigenvalue weighted by molar-refractivity contribution is 5.85. The molecule has 6 heteroatoms. The van der Waals surface area contributed by atoms with Crippen LogP contribution in [0.15, 0.2) is 35.2 Å². The third-order valence-corrected chi connectivity index (χ3v) is 2.13. The molecule has 100 valence electrons. The molecule has 2 rings (SSSR count). The van der Waals surface area contributed by atoms with Crippen molar-refractivity contribution >= 4 is 11.8 Å². The number of anilines is 1. The standard InChI is InChI=1S/C13H15N3O3/c1-13(2,3)19-12(17)15-10-6-4-5-9(7-10)11-14-8-18-16-11/h4-8H,1-3H3,(H,15,17). The first-order valence-electron chi connectivity index (χ1n) is 5.81. The number of ether oxygens (including phenoxy) is 1. The van der Waals surface area contributed by atoms with Crippen LogP contribution in [0.5, 0.6) is 0 Å². The van der Waals surface area contributed by atoms with Crippen molar-refractivity contribution in [3.8, 4) is 11.4 Å². The molecule has 1 aromatic carbocycles. The molecule has 0 unspecified atom stereocenters. The summed E-state index contributed by atoms with van der Waals surface area (Å²) in [5.74, 6) is 0.466. The fourth-order valence-corrected chi connectivity index (χ4v) is 1.46. The molecular formula is C13H15N3O3. The van der Waals surface area contributed by atoms with Gasteiger partial charge in [-0.25, -0.2) is 4.79 Å². The number of rotatable bonds is 2. The van der Waals surface area contributed by atoms with Gasteiger partial charge in [-0.2, -0.15) is 4.98 Å². The number of aromatic nitrogens is 2. The molecule has 19 heavy (non-hydrogen) atoms. The van der Waals surface area contributed by atoms with Crippen LogP contribution < -0.4 is 5.32 Å². The molecule has 0 saturated carbocycles. The Bertz CT molecular complexity index is 559. The molecular weight excluding hydrogens is 246 g/mol. The number of nitrogens with one attached hydrogen (secondary N) is 1. The average molecular weight is 261 g/mol. The van der Waals surface area contributed by atoms with Crippen molar-refractivity contribution in [3.63, 3.8) is 0 Å². The van der Waals surface area contributed by atoms with Gasteiger partial charge in [-0.3, -0.25) is 5.32 Å². The Labute approximate surface area is 110 Å². The summed E-state index contributed by atoms with van der Waals surface area (Å²) < 4.78 is 9.85. The van der Waals surface area contributed by atoms with Crippen molar-refractivity contribution in [3.05, 3.63) is 30.7 Å². The van der Waals surface area contributed by atoms with Crippen LogP contribution in [0.25, 0.3) is 11.4 Å². The summed E-state index contributed by atoms with van der Waals surface area (Å²) in [5.41, 5.74) is 0.828. The SMILES string of the molecule is CC(C)(C)OC(=O)Nc1cccc(-c2ncon2)c1. The summed E-state index contributed by atoms with van der Waals surface area (Å²) in [4.78, 5) is 15.6. The predicted octanol–water partition coefficient (Wildman–Crippen LogP) is 3.08. The molecule has 2 aromatic rings. The minimum atomic E-state index is -0.532. The molecule has 6 nitrogen and oxygen atoms in total. The summed E-state index contributed by atoms with van der Waals surface area (Å²) in [6.45, 7) is 5.42. The number of nitrogens with zero attached hydrogens (tertiary/aromatic N) is 2. The summed E-state index contributed by atoms with van der Waals surface area (Å²) >= 11 is 0. The Hall–Kier alpha value is -2.37. The second kappa shape index (κ2) is 5.09. The third-order valence-electron chi connectivity index (χ3n) is 2.13. The van der Waals surface area contributed by atoms with Gasteiger partial charge in [-0.1, -0.05) is 17.3 Å². The highest BCUT2D eigenvalue weighted by Crippen LogP contribution is 2.19. The lowest BCUT2D eigenvalue weighted by Crippen LogP contribution is -2.27. The van der Waals surface area contributed by atoms with E-state index in [1.165, 1.54) is 6.39 Å². The third kappa shape index (κ3) is 3.80. The van der Waals surface area contributed by atoms with Crippen LogP contribution in [-0.2, 0) is 4.74 Å². The van der Waals surface area contributed by atoms with Gasteiger partial charge < -0.3 is 9.26 Å². The van der Waals surface area contributed by atoms with Crippen LogP contribution in [-0.4, -0.2) is 21.8 Å². The van der Waals surface area contributed by atoms with Gasteiger partial charge in [0.05, 0.1) is 0 Å². The molecule has 0 atom stereocenters. The van der Waals surface area contributed by atoms with E-state index in [4.69, 9.17) is 4.74 Å². The molecule has 0 radical (unpaired) electrons. The van der Waals surface area contributed by atoms with Crippen molar-refractivity contribution in [2.45, 2.75) is 26.4 Å². The fourth-order valence-electron chi connectivity index (χ4n) is 1.46. The maximum Gasteiger partial charge on any atom is 0.412 e. The maximum absolute atomic E-state index is 11.6. The fraction of sp³-hybridized carbons (Fsp3) is 0.308. The first kappa shape index (κ1) is 13.1. The zero-order valence-electron chi connectivity index (χ0n) is 11.0. The Morgan fingerprint density at radius 3 is 2.79 bits per heavy atom. The number of carbonyl (C=O) groups excluding carboxylic acids is 1. The number of carbonyl (C=O) groups is 1. The Morgan fingerprint density at radius 1 is 1.37 bits per heavy atom. The van der Waals surface area contributed by atoms with E-state index in [1.807, 2.05) is 26.8 Å². The first-order chi connectivity index (χ1) is 8.94. The van der Waals surface area contributed by atoms with Gasteiger partial charge in [0.2, 0.25) is 12.2 Å². The normalized spacial score (nSPS) is 11.1. The minimum Gasteiger partial charge on any atom is -0.444 e. The van der Waals surface area contributed by atoms with Crippen LogP contribution in [0.3, 0.4) is 0 Å². The topological polar surface area (TPSA) is 77.2 Å². The van der Waals surface area contributed by atoms with Crippen LogP contribution >= 0.6 is 0 Å². The monoisotopic (exact) mass is 261 g/mol. The van der Waals surface area contributed by atoms with Crippen molar-refractivity contribution in [2.24, 2.45) is 0 Å². The second-order valence-electron chi connectivity index (χ2n) is 4.96. The summed E-state index contributed by atoms with van der Waals surface area (Å²) in [6.07, 6.45) is 0.751. The molecule has 0 bridgehead atoms. The van der Waals surface area contributed by atoms with Crippen molar-refractivity contribution < 1.29 is 14.1 Å². The lowest BCUT2D eigenvalue weighted by atomic mass is 10.2. The van der Waals surface area contributed by atoms with E-state index >= 15 is 0 Å². The lowest BCUT2D eigenvalue weighted by Gasteiger charge is -2.19. The molecule has 1 aromatic heterocycles. The minimum absolute atomic E-state index is 0.466. The van der Waals surface area contributed by atoms with Gasteiger partial charge >= 0.3 is 6.09 Å². The quantitative estimate of drug-likeness (QED) is 0.898. The number of benzene rings is 1. The van der Waals surface area contributed by atoms with Crippen LogP contribution in [0.2, 0.25) is 0 Å². The number of amides is 1. The predicted molar refractivity (Wildman–Crippen MR) is 69.6 cm³/mol. The van der Waals surface area contributed by atoms with E-state index in [2.05, 4.69) is 20.0 Å². The molecule has 0 fully saturated rings. The largest absolute Gasteiger partial charge is 0.444 e. The zero-order chi connectivity index (χ0) is 13.9. The van der Waals surface area contributed by atoms with Crippen molar-refractivity contribution in [1.29, 1.82) is 0 Å². The lowest BCUT2D eigenvalue weighted by molar-refractivity contribution is 0.0636. The van der Waals surface area contributed by atoms with Crippen LogP contribution in [0.4, 0.5) is 10.5 Å². The molecule has 1 heterocycles. The number of hydrogen-bond acceptors (Lipinski definition) is 5. The van der Waals surface area contributed by atoms with E-state index in [0.29, 0.717) is 11.5 Å². The number of hydrogen-bond donors (Lipinski definition) is 1. The first-order valence-corrected chi connectivity index (χ1v) is 5.81. The summed E-state index contributed by atoms with van der Waals surface area (Å²) in [7, 11) is 0. The van der Waals surface area contributed by atoms with Crippen LogP contribution in [0, 0.1) is 0 Å². The zero-order valence-corrected chi connectivity index (χ0v) is 11.0. The van der Waals surface area contributed by atoms with E-state index in [1.54, 1.807) is 18.2 Å². The molecule has 1 amide bonds. The van der Waals surface area contributed by atoms with Crippen LogP contribution in [0.1, 0.15) is 20.8 Å². The van der Waals surface area contributed by atoms with Crippen molar-refractivity contribution in [2.75, 3.05) is 5.32 Å². The van der Waals surface area contributed by atoms with Gasteiger partial charge in [-0.05, 0) is 32.9 Å². The van der Waals surface area contributed by atoms with Gasteiger partial charge in [0, 0.05) is 11.3 Å². The average Bonchev–Trinajstić information content (AvgIpc) is 2.79. The van der Waals surface area contributed by atoms with E-state index in [0.717, 1.165) is 5.56 Å². The molecule has 0 aliphatic rings. The highest BCUT2D eigenvalue weighted by Gasteiger charge is 2.16. The van der Waals surface area contributed by atoms with Gasteiger partial charge in [-0.15, -0.1) is 0 Å². The van der Waals surface area contributed by atoms with E-state index < -0.39 is 11.7 Å².